The van der Waals surface area contributed by atoms with E-state index in [0.29, 0.717) is 56.4 Å². The SMILES string of the molecule is COc1cnccc1C(=O)N1C[C@@H]2C(C(=O)N3CCOCC3)=NO[C@@H]2C1. The molecule has 1 aromatic rings. The monoisotopic (exact) mass is 360 g/mol. The van der Waals surface area contributed by atoms with Crippen molar-refractivity contribution in [2.75, 3.05) is 46.5 Å². The van der Waals surface area contributed by atoms with Crippen LogP contribution in [0.1, 0.15) is 10.4 Å². The number of hydrogen-bond donors (Lipinski definition) is 0. The number of rotatable bonds is 3. The van der Waals surface area contributed by atoms with Crippen molar-refractivity contribution in [3.8, 4) is 5.75 Å². The van der Waals surface area contributed by atoms with Gasteiger partial charge >= 0.3 is 0 Å². The van der Waals surface area contributed by atoms with E-state index in [1.807, 2.05) is 0 Å². The lowest BCUT2D eigenvalue weighted by atomic mass is 10.00. The number of morpholine rings is 1. The molecular weight excluding hydrogens is 340 g/mol. The molecule has 1 aromatic heterocycles. The number of hydrogen-bond acceptors (Lipinski definition) is 7. The molecule has 2 amide bonds. The number of carbonyl (C=O) groups is 2. The minimum absolute atomic E-state index is 0.128. The summed E-state index contributed by atoms with van der Waals surface area (Å²) in [6.07, 6.45) is 2.78. The van der Waals surface area contributed by atoms with Crippen LogP contribution in [0.2, 0.25) is 0 Å². The quantitative estimate of drug-likeness (QED) is 0.740. The van der Waals surface area contributed by atoms with Crippen molar-refractivity contribution in [3.63, 3.8) is 0 Å². The van der Waals surface area contributed by atoms with E-state index >= 15 is 0 Å². The van der Waals surface area contributed by atoms with E-state index < -0.39 is 0 Å². The number of amides is 2. The Morgan fingerprint density at radius 2 is 2.00 bits per heavy atom. The van der Waals surface area contributed by atoms with Crippen molar-refractivity contribution >= 4 is 17.5 Å². The third-order valence-corrected chi connectivity index (χ3v) is 4.94. The van der Waals surface area contributed by atoms with Crippen LogP contribution >= 0.6 is 0 Å². The van der Waals surface area contributed by atoms with Crippen molar-refractivity contribution in [1.29, 1.82) is 0 Å². The van der Waals surface area contributed by atoms with Crippen molar-refractivity contribution in [2.45, 2.75) is 6.10 Å². The van der Waals surface area contributed by atoms with Crippen molar-refractivity contribution in [3.05, 3.63) is 24.0 Å². The Balaban J connectivity index is 1.47. The minimum atomic E-state index is -0.285. The van der Waals surface area contributed by atoms with Crippen LogP contribution in [0.25, 0.3) is 0 Å². The van der Waals surface area contributed by atoms with Crippen LogP contribution in [0, 0.1) is 5.92 Å². The fraction of sp³-hybridized carbons (Fsp3) is 0.529. The first-order valence-electron chi connectivity index (χ1n) is 8.57. The van der Waals surface area contributed by atoms with Gasteiger partial charge in [-0.3, -0.25) is 14.6 Å². The second kappa shape index (κ2) is 6.91. The van der Waals surface area contributed by atoms with Crippen LogP contribution in [-0.2, 0) is 14.4 Å². The maximum Gasteiger partial charge on any atom is 0.272 e. The van der Waals surface area contributed by atoms with Gasteiger partial charge in [-0.05, 0) is 6.07 Å². The van der Waals surface area contributed by atoms with Crippen LogP contribution in [0.3, 0.4) is 0 Å². The van der Waals surface area contributed by atoms with Gasteiger partial charge in [0.25, 0.3) is 11.8 Å². The minimum Gasteiger partial charge on any atom is -0.494 e. The Kier molecular flexibility index (Phi) is 4.46. The largest absolute Gasteiger partial charge is 0.494 e. The molecule has 3 aliphatic rings. The maximum atomic E-state index is 12.8. The molecule has 0 saturated carbocycles. The first-order valence-corrected chi connectivity index (χ1v) is 8.57. The van der Waals surface area contributed by atoms with Gasteiger partial charge in [-0.2, -0.15) is 0 Å². The summed E-state index contributed by atoms with van der Waals surface area (Å²) in [6.45, 7) is 2.93. The Hall–Kier alpha value is -2.68. The first-order chi connectivity index (χ1) is 12.7. The lowest BCUT2D eigenvalue weighted by Crippen LogP contribution is -2.46. The molecule has 2 atom stereocenters. The van der Waals surface area contributed by atoms with Crippen LogP contribution < -0.4 is 4.74 Å². The molecule has 4 rings (SSSR count). The van der Waals surface area contributed by atoms with Gasteiger partial charge in [-0.15, -0.1) is 0 Å². The van der Waals surface area contributed by atoms with Gasteiger partial charge in [0.15, 0.2) is 11.8 Å². The molecule has 0 radical (unpaired) electrons. The van der Waals surface area contributed by atoms with Gasteiger partial charge in [0.05, 0.1) is 44.5 Å². The molecule has 26 heavy (non-hydrogen) atoms. The number of oxime groups is 1. The fourth-order valence-corrected chi connectivity index (χ4v) is 3.52. The molecule has 0 unspecified atom stereocenters. The predicted molar refractivity (Wildman–Crippen MR) is 89.9 cm³/mol. The van der Waals surface area contributed by atoms with Crippen molar-refractivity contribution in [2.24, 2.45) is 11.1 Å². The number of ether oxygens (including phenoxy) is 2. The summed E-state index contributed by atoms with van der Waals surface area (Å²) in [6, 6.07) is 1.63. The van der Waals surface area contributed by atoms with E-state index in [2.05, 4.69) is 10.1 Å². The Morgan fingerprint density at radius 1 is 1.19 bits per heavy atom. The number of nitrogens with zero attached hydrogens (tertiary/aromatic N) is 4. The van der Waals surface area contributed by atoms with Gasteiger partial charge in [0.2, 0.25) is 0 Å². The van der Waals surface area contributed by atoms with Gasteiger partial charge in [-0.25, -0.2) is 0 Å². The molecule has 0 N–H and O–H groups in total. The van der Waals surface area contributed by atoms with Crippen LogP contribution in [-0.4, -0.2) is 84.9 Å². The molecular formula is C17H20N4O5. The van der Waals surface area contributed by atoms with Crippen molar-refractivity contribution in [1.82, 2.24) is 14.8 Å². The lowest BCUT2D eigenvalue weighted by molar-refractivity contribution is -0.128. The van der Waals surface area contributed by atoms with E-state index in [1.54, 1.807) is 22.1 Å². The topological polar surface area (TPSA) is 93.6 Å². The average molecular weight is 360 g/mol. The summed E-state index contributed by atoms with van der Waals surface area (Å²) in [5.74, 6) is -0.0760. The second-order valence-corrected chi connectivity index (χ2v) is 6.42. The van der Waals surface area contributed by atoms with Gasteiger partial charge in [-0.1, -0.05) is 5.16 Å². The number of aromatic nitrogens is 1. The molecule has 138 valence electrons. The van der Waals surface area contributed by atoms with Crippen LogP contribution in [0.4, 0.5) is 0 Å². The van der Waals surface area contributed by atoms with Gasteiger partial charge < -0.3 is 24.1 Å². The van der Waals surface area contributed by atoms with E-state index in [1.165, 1.54) is 13.3 Å². The van der Waals surface area contributed by atoms with E-state index in [0.717, 1.165) is 0 Å². The molecule has 2 saturated heterocycles. The van der Waals surface area contributed by atoms with E-state index in [4.69, 9.17) is 14.3 Å². The zero-order valence-electron chi connectivity index (χ0n) is 14.5. The molecule has 9 nitrogen and oxygen atoms in total. The number of fused-ring (bicyclic) bond motifs is 1. The lowest BCUT2D eigenvalue weighted by Gasteiger charge is -2.27. The smallest absolute Gasteiger partial charge is 0.272 e. The Morgan fingerprint density at radius 3 is 2.77 bits per heavy atom. The van der Waals surface area contributed by atoms with Crippen molar-refractivity contribution < 1.29 is 23.9 Å². The number of methoxy groups -OCH3 is 1. The molecule has 9 heteroatoms. The molecule has 0 aliphatic carbocycles. The highest BCUT2D eigenvalue weighted by molar-refractivity contribution is 6.40. The summed E-state index contributed by atoms with van der Waals surface area (Å²) in [4.78, 5) is 38.4. The first kappa shape index (κ1) is 16.8. The summed E-state index contributed by atoms with van der Waals surface area (Å²) in [5, 5.41) is 4.01. The molecule has 4 heterocycles. The summed E-state index contributed by atoms with van der Waals surface area (Å²) in [7, 11) is 1.50. The summed E-state index contributed by atoms with van der Waals surface area (Å²) in [5.41, 5.74) is 0.842. The predicted octanol–water partition coefficient (Wildman–Crippen LogP) is -0.224. The molecule has 0 spiro atoms. The maximum absolute atomic E-state index is 12.8. The normalized spacial score (nSPS) is 24.7. The zero-order chi connectivity index (χ0) is 18.1. The van der Waals surface area contributed by atoms with Crippen LogP contribution in [0.5, 0.6) is 5.75 Å². The van der Waals surface area contributed by atoms with Gasteiger partial charge in [0, 0.05) is 25.8 Å². The Labute approximate surface area is 150 Å². The fourth-order valence-electron chi connectivity index (χ4n) is 3.52. The average Bonchev–Trinajstić information content (AvgIpc) is 3.28. The van der Waals surface area contributed by atoms with E-state index in [-0.39, 0.29) is 23.8 Å². The third kappa shape index (κ3) is 2.88. The van der Waals surface area contributed by atoms with Crippen LogP contribution in [0.15, 0.2) is 23.6 Å². The highest BCUT2D eigenvalue weighted by Gasteiger charge is 2.47. The summed E-state index contributed by atoms with van der Waals surface area (Å²) < 4.78 is 10.5. The summed E-state index contributed by atoms with van der Waals surface area (Å²) >= 11 is 0. The standard InChI is InChI=1S/C17H20N4O5/c1-24-13-8-18-3-2-11(13)16(22)21-9-12-14(10-21)26-19-15(12)17(23)20-4-6-25-7-5-20/h2-3,8,12,14H,4-7,9-10H2,1H3/t12-,14+/m0/s1. The molecule has 0 aromatic carbocycles. The zero-order valence-corrected chi connectivity index (χ0v) is 14.5. The Bertz CT molecular complexity index is 746. The number of likely N-dealkylation sites (tertiary alicyclic amines) is 1. The van der Waals surface area contributed by atoms with Gasteiger partial charge in [0.1, 0.15) is 5.75 Å². The molecule has 0 bridgehead atoms. The highest BCUT2D eigenvalue weighted by Crippen LogP contribution is 2.30. The second-order valence-electron chi connectivity index (χ2n) is 6.42. The third-order valence-electron chi connectivity index (χ3n) is 4.94. The molecule has 3 aliphatic heterocycles. The molecule has 2 fully saturated rings. The van der Waals surface area contributed by atoms with E-state index in [9.17, 15) is 9.59 Å². The number of pyridine rings is 1. The number of carbonyl (C=O) groups excluding carboxylic acids is 2. The highest BCUT2D eigenvalue weighted by atomic mass is 16.6.